The van der Waals surface area contributed by atoms with Gasteiger partial charge in [0.15, 0.2) is 0 Å². The van der Waals surface area contributed by atoms with Gasteiger partial charge < -0.3 is 15.1 Å². The predicted octanol–water partition coefficient (Wildman–Crippen LogP) is 3.68. The van der Waals surface area contributed by atoms with Crippen LogP contribution in [0.2, 0.25) is 0 Å². The van der Waals surface area contributed by atoms with Gasteiger partial charge in [-0.3, -0.25) is 9.00 Å². The molecule has 2 aromatic rings. The monoisotopic (exact) mass is 362 g/mol. The van der Waals surface area contributed by atoms with Crippen molar-refractivity contribution in [3.63, 3.8) is 0 Å². The Morgan fingerprint density at radius 1 is 1.29 bits per heavy atom. The summed E-state index contributed by atoms with van der Waals surface area (Å²) in [6.45, 7) is 3.56. The number of carboxylic acids is 1. The smallest absolute Gasteiger partial charge is 0.322 e. The molecule has 0 fully saturated rings. The lowest BCUT2D eigenvalue weighted by Gasteiger charge is -2.15. The van der Waals surface area contributed by atoms with Crippen LogP contribution < -0.4 is 10.0 Å². The van der Waals surface area contributed by atoms with Gasteiger partial charge >= 0.3 is 5.97 Å². The van der Waals surface area contributed by atoms with Crippen LogP contribution in [0.3, 0.4) is 0 Å². The number of nitrogens with one attached hydrogen (secondary N) is 2. The van der Waals surface area contributed by atoms with Crippen molar-refractivity contribution in [1.29, 1.82) is 0 Å². The molecule has 0 aliphatic heterocycles. The number of hydrogen-bond acceptors (Lipinski definition) is 5. The zero-order valence-corrected chi connectivity index (χ0v) is 14.7. The Bertz CT molecular complexity index is 778. The second-order valence-electron chi connectivity index (χ2n) is 4.83. The molecular formula is C17H18N2O3S2. The van der Waals surface area contributed by atoms with Gasteiger partial charge in [0.05, 0.1) is 27.1 Å². The predicted molar refractivity (Wildman–Crippen MR) is 101 cm³/mol. The van der Waals surface area contributed by atoms with E-state index in [0.717, 1.165) is 21.0 Å². The quantitative estimate of drug-likeness (QED) is 0.622. The third kappa shape index (κ3) is 4.62. The number of aliphatic carboxylic acids is 1. The lowest BCUT2D eigenvalue weighted by Crippen LogP contribution is -2.14. The first-order chi connectivity index (χ1) is 11.5. The molecule has 2 rings (SSSR count). The third-order valence-corrected chi connectivity index (χ3v) is 5.17. The molecule has 0 heterocycles. The van der Waals surface area contributed by atoms with Crippen molar-refractivity contribution < 1.29 is 14.1 Å². The van der Waals surface area contributed by atoms with E-state index in [1.807, 2.05) is 42.5 Å². The molecule has 0 radical (unpaired) electrons. The van der Waals surface area contributed by atoms with Gasteiger partial charge in [-0.2, -0.15) is 0 Å². The normalized spacial score (nSPS) is 11.5. The zero-order chi connectivity index (χ0) is 17.5. The van der Waals surface area contributed by atoms with Gasteiger partial charge in [-0.1, -0.05) is 36.9 Å². The maximum absolute atomic E-state index is 11.8. The van der Waals surface area contributed by atoms with Crippen molar-refractivity contribution in [1.82, 2.24) is 0 Å². The van der Waals surface area contributed by atoms with Crippen LogP contribution in [0, 0.1) is 0 Å². The molecule has 0 amide bonds. The number of carbonyl (C=O) groups is 1. The molecule has 0 aromatic heterocycles. The average Bonchev–Trinajstić information content (AvgIpc) is 2.58. The van der Waals surface area contributed by atoms with E-state index < -0.39 is 16.8 Å². The summed E-state index contributed by atoms with van der Waals surface area (Å²) in [5.41, 5.74) is 2.20. The van der Waals surface area contributed by atoms with Gasteiger partial charge in [0.1, 0.15) is 6.54 Å². The van der Waals surface area contributed by atoms with E-state index in [1.54, 1.807) is 12.3 Å². The molecule has 0 saturated carbocycles. The van der Waals surface area contributed by atoms with E-state index >= 15 is 0 Å². The first-order valence-corrected chi connectivity index (χ1v) is 9.46. The fraction of sp³-hybridized carbons (Fsp3) is 0.118. The van der Waals surface area contributed by atoms with Crippen LogP contribution in [0.25, 0.3) is 6.08 Å². The van der Waals surface area contributed by atoms with Crippen LogP contribution in [0.4, 0.5) is 11.4 Å². The van der Waals surface area contributed by atoms with Crippen molar-refractivity contribution in [2.24, 2.45) is 0 Å². The van der Waals surface area contributed by atoms with E-state index in [0.29, 0.717) is 5.69 Å². The molecule has 3 N–H and O–H groups in total. The fourth-order valence-corrected chi connectivity index (χ4v) is 3.87. The third-order valence-electron chi connectivity index (χ3n) is 3.16. The first-order valence-electron chi connectivity index (χ1n) is 7.09. The highest BCUT2D eigenvalue weighted by atomic mass is 32.2. The van der Waals surface area contributed by atoms with Gasteiger partial charge in [-0.15, -0.1) is 0 Å². The van der Waals surface area contributed by atoms with E-state index in [-0.39, 0.29) is 6.54 Å². The van der Waals surface area contributed by atoms with Crippen molar-refractivity contribution >= 4 is 46.2 Å². The minimum atomic E-state index is -1.09. The minimum Gasteiger partial charge on any atom is -0.480 e. The molecule has 1 atom stereocenters. The first kappa shape index (κ1) is 18.1. The Balaban J connectivity index is 2.25. The van der Waals surface area contributed by atoms with Gasteiger partial charge in [-0.05, 0) is 35.7 Å². The number of rotatable bonds is 8. The largest absolute Gasteiger partial charge is 0.480 e. The average molecular weight is 362 g/mol. The van der Waals surface area contributed by atoms with Crippen LogP contribution in [-0.2, 0) is 15.6 Å². The summed E-state index contributed by atoms with van der Waals surface area (Å²) in [4.78, 5) is 12.4. The summed E-state index contributed by atoms with van der Waals surface area (Å²) in [5.74, 6) is -0.945. The van der Waals surface area contributed by atoms with E-state index in [4.69, 9.17) is 5.11 Å². The van der Waals surface area contributed by atoms with Crippen molar-refractivity contribution in [2.45, 2.75) is 9.79 Å². The van der Waals surface area contributed by atoms with Crippen LogP contribution in [0.5, 0.6) is 0 Å². The Kier molecular flexibility index (Phi) is 6.45. The summed E-state index contributed by atoms with van der Waals surface area (Å²) < 4.78 is 15.0. The highest BCUT2D eigenvalue weighted by Crippen LogP contribution is 2.32. The van der Waals surface area contributed by atoms with Crippen molar-refractivity contribution in [3.05, 3.63) is 54.6 Å². The topological polar surface area (TPSA) is 78.4 Å². The number of carboxylic acid groups (broad SMARTS) is 1. The van der Waals surface area contributed by atoms with E-state index in [2.05, 4.69) is 16.6 Å². The van der Waals surface area contributed by atoms with Crippen LogP contribution in [0.15, 0.2) is 58.8 Å². The molecule has 0 saturated heterocycles. The lowest BCUT2D eigenvalue weighted by molar-refractivity contribution is -0.134. The Morgan fingerprint density at radius 2 is 2.04 bits per heavy atom. The fourth-order valence-electron chi connectivity index (χ4n) is 2.07. The number of anilines is 2. The Hall–Kier alpha value is -2.25. The molecule has 0 spiro atoms. The van der Waals surface area contributed by atoms with E-state index in [9.17, 15) is 9.00 Å². The van der Waals surface area contributed by atoms with Crippen LogP contribution in [0.1, 0.15) is 5.56 Å². The molecular weight excluding hydrogens is 344 g/mol. The molecule has 126 valence electrons. The van der Waals surface area contributed by atoms with Crippen LogP contribution >= 0.6 is 11.9 Å². The number of hydrogen-bond donors (Lipinski definition) is 3. The maximum Gasteiger partial charge on any atom is 0.322 e. The molecule has 2 aromatic carbocycles. The highest BCUT2D eigenvalue weighted by molar-refractivity contribution is 8.01. The second kappa shape index (κ2) is 8.56. The Labute approximate surface area is 147 Å². The summed E-state index contributed by atoms with van der Waals surface area (Å²) in [6.07, 6.45) is 3.30. The maximum atomic E-state index is 11.8. The molecule has 1 unspecified atom stereocenters. The summed E-state index contributed by atoms with van der Waals surface area (Å²) in [6, 6.07) is 13.0. The zero-order valence-electron chi connectivity index (χ0n) is 13.1. The van der Waals surface area contributed by atoms with Crippen LogP contribution in [-0.4, -0.2) is 28.1 Å². The standard InChI is InChI=1S/C17H18N2O3S2/c1-3-12-7-6-8-13(17(12)18-11-16(20)21)19-23-14-9-4-5-10-15(14)24(2)22/h3-10,18-19H,1,11H2,2H3,(H,20,21). The van der Waals surface area contributed by atoms with Gasteiger partial charge in [0.25, 0.3) is 0 Å². The minimum absolute atomic E-state index is 0.195. The molecule has 7 heteroatoms. The van der Waals surface area contributed by atoms with Gasteiger partial charge in [-0.25, -0.2) is 0 Å². The Morgan fingerprint density at radius 3 is 2.71 bits per heavy atom. The molecule has 0 bridgehead atoms. The second-order valence-corrected chi connectivity index (χ2v) is 7.02. The summed E-state index contributed by atoms with van der Waals surface area (Å²) in [7, 11) is -1.09. The highest BCUT2D eigenvalue weighted by Gasteiger charge is 2.10. The van der Waals surface area contributed by atoms with Crippen molar-refractivity contribution in [3.8, 4) is 0 Å². The number of para-hydroxylation sites is 1. The molecule has 0 aliphatic carbocycles. The molecule has 0 aliphatic rings. The molecule has 5 nitrogen and oxygen atoms in total. The SMILES string of the molecule is C=Cc1cccc(NSc2ccccc2S(C)=O)c1NCC(=O)O. The summed E-state index contributed by atoms with van der Waals surface area (Å²) >= 11 is 1.33. The van der Waals surface area contributed by atoms with Gasteiger partial charge in [0.2, 0.25) is 0 Å². The molecule has 24 heavy (non-hydrogen) atoms. The lowest BCUT2D eigenvalue weighted by atomic mass is 10.1. The van der Waals surface area contributed by atoms with Crippen molar-refractivity contribution in [2.75, 3.05) is 22.8 Å². The number of benzene rings is 2. The van der Waals surface area contributed by atoms with Gasteiger partial charge in [0, 0.05) is 11.2 Å². The summed E-state index contributed by atoms with van der Waals surface area (Å²) in [5, 5.41) is 11.8. The van der Waals surface area contributed by atoms with E-state index in [1.165, 1.54) is 11.9 Å².